The van der Waals surface area contributed by atoms with Gasteiger partial charge in [0.25, 0.3) is 0 Å². The van der Waals surface area contributed by atoms with Crippen LogP contribution in [0.3, 0.4) is 0 Å². The summed E-state index contributed by atoms with van der Waals surface area (Å²) in [6, 6.07) is -0.556. The fourth-order valence-corrected chi connectivity index (χ4v) is 1.15. The third-order valence-corrected chi connectivity index (χ3v) is 1.86. The first-order chi connectivity index (χ1) is 8.10. The van der Waals surface area contributed by atoms with Gasteiger partial charge in [0.05, 0.1) is 13.0 Å². The lowest BCUT2D eigenvalue weighted by atomic mass is 10.1. The molecular weight excluding hydrogens is 238 g/mol. The van der Waals surface area contributed by atoms with Crippen molar-refractivity contribution in [3.63, 3.8) is 0 Å². The summed E-state index contributed by atoms with van der Waals surface area (Å²) < 4.78 is 0. The molecule has 0 aliphatic heterocycles. The highest BCUT2D eigenvalue weighted by molar-refractivity contribution is 5.95. The van der Waals surface area contributed by atoms with E-state index in [1.807, 2.05) is 0 Å². The highest BCUT2D eigenvalue weighted by Crippen LogP contribution is 1.97. The first-order valence-electron chi connectivity index (χ1n) is 5.62. The number of carbonyl (C=O) groups excluding carboxylic acids is 2. The van der Waals surface area contributed by atoms with Gasteiger partial charge in [-0.2, -0.15) is 0 Å². The minimum atomic E-state index is -0.923. The Morgan fingerprint density at radius 1 is 1.22 bits per heavy atom. The third-order valence-electron chi connectivity index (χ3n) is 1.86. The number of likely N-dealkylation sites (N-methyl/N-ethyl adjacent to an activating group) is 1. The van der Waals surface area contributed by atoms with E-state index in [9.17, 15) is 14.4 Å². The Morgan fingerprint density at radius 3 is 2.22 bits per heavy atom. The molecule has 104 valence electrons. The zero-order valence-corrected chi connectivity index (χ0v) is 11.2. The van der Waals surface area contributed by atoms with E-state index in [-0.39, 0.29) is 19.5 Å². The maximum absolute atomic E-state index is 11.4. The topological polar surface area (TPSA) is 98.7 Å². The van der Waals surface area contributed by atoms with Gasteiger partial charge in [0.2, 0.25) is 5.91 Å². The molecule has 0 atom stereocenters. The molecule has 0 aromatic heterocycles. The number of aliphatic carboxylic acids is 1. The number of carboxylic acids is 1. The minimum Gasteiger partial charge on any atom is -0.481 e. The van der Waals surface area contributed by atoms with E-state index < -0.39 is 23.4 Å². The van der Waals surface area contributed by atoms with Crippen molar-refractivity contribution in [3.8, 4) is 0 Å². The monoisotopic (exact) mass is 259 g/mol. The Bertz CT molecular complexity index is 323. The number of rotatable bonds is 5. The largest absolute Gasteiger partial charge is 0.481 e. The summed E-state index contributed by atoms with van der Waals surface area (Å²) in [5, 5.41) is 13.2. The normalized spacial score (nSPS) is 11.2. The van der Waals surface area contributed by atoms with Gasteiger partial charge in [-0.1, -0.05) is 0 Å². The second kappa shape index (κ2) is 6.95. The molecule has 0 saturated heterocycles. The summed E-state index contributed by atoms with van der Waals surface area (Å²) >= 11 is 0. The molecule has 7 nitrogen and oxygen atoms in total. The number of imide groups is 1. The van der Waals surface area contributed by atoms with Gasteiger partial charge >= 0.3 is 12.0 Å². The molecule has 7 heteroatoms. The van der Waals surface area contributed by atoms with Crippen LogP contribution in [0.1, 0.15) is 27.2 Å². The van der Waals surface area contributed by atoms with E-state index in [0.29, 0.717) is 0 Å². The Balaban J connectivity index is 3.96. The summed E-state index contributed by atoms with van der Waals surface area (Å²) in [5.41, 5.74) is -0.417. The number of nitrogens with one attached hydrogen (secondary N) is 2. The molecule has 0 saturated carbocycles. The molecule has 0 heterocycles. The van der Waals surface area contributed by atoms with Gasteiger partial charge in [-0.25, -0.2) is 4.79 Å². The zero-order valence-electron chi connectivity index (χ0n) is 11.2. The maximum Gasteiger partial charge on any atom is 0.321 e. The van der Waals surface area contributed by atoms with E-state index in [0.717, 1.165) is 0 Å². The van der Waals surface area contributed by atoms with Gasteiger partial charge in [0, 0.05) is 12.1 Å². The van der Waals surface area contributed by atoms with Crippen molar-refractivity contribution >= 4 is 17.9 Å². The number of carboxylic acid groups (broad SMARTS) is 1. The van der Waals surface area contributed by atoms with Crippen LogP contribution < -0.4 is 10.6 Å². The van der Waals surface area contributed by atoms with Gasteiger partial charge in [0.15, 0.2) is 0 Å². The number of urea groups is 1. The van der Waals surface area contributed by atoms with Crippen LogP contribution >= 0.6 is 0 Å². The molecule has 0 aliphatic carbocycles. The van der Waals surface area contributed by atoms with Crippen molar-refractivity contribution in [1.82, 2.24) is 15.5 Å². The van der Waals surface area contributed by atoms with Crippen LogP contribution in [0.15, 0.2) is 0 Å². The number of amides is 3. The highest BCUT2D eigenvalue weighted by atomic mass is 16.4. The lowest BCUT2D eigenvalue weighted by Crippen LogP contribution is -2.50. The Hall–Kier alpha value is -1.63. The molecule has 0 rings (SSSR count). The second-order valence-electron chi connectivity index (χ2n) is 5.13. The molecule has 0 fully saturated rings. The highest BCUT2D eigenvalue weighted by Gasteiger charge is 2.16. The summed E-state index contributed by atoms with van der Waals surface area (Å²) in [5.74, 6) is -1.39. The van der Waals surface area contributed by atoms with Gasteiger partial charge in [-0.05, 0) is 27.8 Å². The van der Waals surface area contributed by atoms with Crippen molar-refractivity contribution in [1.29, 1.82) is 0 Å². The van der Waals surface area contributed by atoms with Crippen LogP contribution in [0.25, 0.3) is 0 Å². The summed E-state index contributed by atoms with van der Waals surface area (Å²) in [6.45, 7) is 5.64. The minimum absolute atomic E-state index is 0.0230. The van der Waals surface area contributed by atoms with E-state index in [2.05, 4.69) is 10.6 Å². The summed E-state index contributed by atoms with van der Waals surface area (Å²) in [7, 11) is 1.62. The number of hydrogen-bond donors (Lipinski definition) is 3. The first-order valence-corrected chi connectivity index (χ1v) is 5.62. The molecule has 0 aromatic carbocycles. The summed E-state index contributed by atoms with van der Waals surface area (Å²) in [4.78, 5) is 34.7. The predicted molar refractivity (Wildman–Crippen MR) is 66.2 cm³/mol. The summed E-state index contributed by atoms with van der Waals surface area (Å²) in [6.07, 6.45) is -0.0437. The van der Waals surface area contributed by atoms with Crippen LogP contribution in [0.4, 0.5) is 4.79 Å². The maximum atomic E-state index is 11.4. The number of nitrogens with zero attached hydrogens (tertiary/aromatic N) is 1. The average Bonchev–Trinajstić information content (AvgIpc) is 2.10. The average molecular weight is 259 g/mol. The van der Waals surface area contributed by atoms with Crippen LogP contribution in [-0.4, -0.2) is 53.6 Å². The molecule has 0 aliphatic rings. The van der Waals surface area contributed by atoms with Crippen molar-refractivity contribution in [2.24, 2.45) is 0 Å². The van der Waals surface area contributed by atoms with Gasteiger partial charge in [-0.3, -0.25) is 19.8 Å². The lowest BCUT2D eigenvalue weighted by Gasteiger charge is -2.21. The van der Waals surface area contributed by atoms with Gasteiger partial charge in [0.1, 0.15) is 0 Å². The Kier molecular flexibility index (Phi) is 6.32. The van der Waals surface area contributed by atoms with E-state index in [4.69, 9.17) is 5.11 Å². The van der Waals surface area contributed by atoms with Gasteiger partial charge in [-0.15, -0.1) is 0 Å². The molecule has 3 amide bonds. The van der Waals surface area contributed by atoms with E-state index in [1.54, 1.807) is 27.8 Å². The molecule has 0 radical (unpaired) electrons. The smallest absolute Gasteiger partial charge is 0.321 e. The third kappa shape index (κ3) is 9.59. The zero-order chi connectivity index (χ0) is 14.3. The van der Waals surface area contributed by atoms with Crippen LogP contribution in [0, 0.1) is 0 Å². The van der Waals surface area contributed by atoms with Crippen LogP contribution in [0.2, 0.25) is 0 Å². The molecule has 3 N–H and O–H groups in total. The number of hydrogen-bond acceptors (Lipinski definition) is 4. The van der Waals surface area contributed by atoms with Crippen molar-refractivity contribution in [2.45, 2.75) is 32.7 Å². The van der Waals surface area contributed by atoms with Crippen LogP contribution in [-0.2, 0) is 9.59 Å². The van der Waals surface area contributed by atoms with E-state index >= 15 is 0 Å². The fourth-order valence-electron chi connectivity index (χ4n) is 1.15. The molecule has 0 aromatic rings. The fraction of sp³-hybridized carbons (Fsp3) is 0.727. The predicted octanol–water partition coefficient (Wildman–Crippen LogP) is 0.0172. The first kappa shape index (κ1) is 16.4. The van der Waals surface area contributed by atoms with Gasteiger partial charge < -0.3 is 10.4 Å². The molecule has 0 spiro atoms. The SMILES string of the molecule is CN(CCC(=O)O)CC(=O)NC(=O)NC(C)(C)C. The molecule has 0 unspecified atom stereocenters. The lowest BCUT2D eigenvalue weighted by molar-refractivity contribution is -0.137. The molecule has 0 bridgehead atoms. The second-order valence-corrected chi connectivity index (χ2v) is 5.13. The van der Waals surface area contributed by atoms with E-state index in [1.165, 1.54) is 4.90 Å². The van der Waals surface area contributed by atoms with Crippen molar-refractivity contribution in [2.75, 3.05) is 20.1 Å². The Morgan fingerprint density at radius 2 is 1.78 bits per heavy atom. The number of carbonyl (C=O) groups is 3. The molecular formula is C11H21N3O4. The quantitative estimate of drug-likeness (QED) is 0.646. The Labute approximate surface area is 107 Å². The van der Waals surface area contributed by atoms with Crippen molar-refractivity contribution in [3.05, 3.63) is 0 Å². The molecule has 18 heavy (non-hydrogen) atoms. The van der Waals surface area contributed by atoms with Crippen LogP contribution in [0.5, 0.6) is 0 Å². The van der Waals surface area contributed by atoms with Crippen molar-refractivity contribution < 1.29 is 19.5 Å². The standard InChI is InChI=1S/C11H21N3O4/c1-11(2,3)13-10(18)12-8(15)7-14(4)6-5-9(16)17/h5-7H2,1-4H3,(H,16,17)(H2,12,13,15,18).